The zero-order chi connectivity index (χ0) is 9.68. The third-order valence-corrected chi connectivity index (χ3v) is 1.65. The maximum atomic E-state index is 10.8. The number of Topliss-reactive ketones (excluding diaryl/α,β-unsaturated/α-hetero) is 1. The Balaban J connectivity index is 2.44. The second kappa shape index (κ2) is 4.45. The van der Waals surface area contributed by atoms with Crippen LogP contribution in [0.15, 0.2) is 42.5 Å². The second-order valence-corrected chi connectivity index (χ2v) is 2.76. The van der Waals surface area contributed by atoms with Crippen LogP contribution in [0, 0.1) is 0 Å². The van der Waals surface area contributed by atoms with Crippen molar-refractivity contribution in [2.24, 2.45) is 0 Å². The lowest BCUT2D eigenvalue weighted by Crippen LogP contribution is -2.06. The molecule has 0 spiro atoms. The molecule has 0 bridgehead atoms. The van der Waals surface area contributed by atoms with Crippen LogP contribution in [0.2, 0.25) is 0 Å². The largest absolute Gasteiger partial charge is 0.489 e. The van der Waals surface area contributed by atoms with Gasteiger partial charge in [-0.15, -0.1) is 0 Å². The Hall–Kier alpha value is -1.57. The first-order valence-electron chi connectivity index (χ1n) is 4.06. The van der Waals surface area contributed by atoms with Crippen LogP contribution >= 0.6 is 0 Å². The molecule has 0 atom stereocenters. The van der Waals surface area contributed by atoms with Crippen molar-refractivity contribution in [3.63, 3.8) is 0 Å². The Labute approximate surface area is 77.8 Å². The summed E-state index contributed by atoms with van der Waals surface area (Å²) in [6, 6.07) is 9.35. The summed E-state index contributed by atoms with van der Waals surface area (Å²) in [5, 5.41) is 0. The summed E-state index contributed by atoms with van der Waals surface area (Å²) in [5.74, 6) is 0.723. The molecule has 0 saturated heterocycles. The van der Waals surface area contributed by atoms with E-state index in [4.69, 9.17) is 4.74 Å². The van der Waals surface area contributed by atoms with Gasteiger partial charge in [0.15, 0.2) is 5.78 Å². The molecule has 2 heteroatoms. The highest BCUT2D eigenvalue weighted by Gasteiger charge is 2.00. The SMILES string of the molecule is C=C(COc1ccccc1)C(C)=O. The van der Waals surface area contributed by atoms with Crippen LogP contribution in [0.5, 0.6) is 5.75 Å². The van der Waals surface area contributed by atoms with Gasteiger partial charge < -0.3 is 4.74 Å². The molecule has 0 amide bonds. The molecule has 0 aliphatic carbocycles. The van der Waals surface area contributed by atoms with Crippen molar-refractivity contribution in [1.29, 1.82) is 0 Å². The van der Waals surface area contributed by atoms with Crippen LogP contribution in [-0.4, -0.2) is 12.4 Å². The second-order valence-electron chi connectivity index (χ2n) is 2.76. The molecule has 0 saturated carbocycles. The van der Waals surface area contributed by atoms with E-state index in [-0.39, 0.29) is 12.4 Å². The van der Waals surface area contributed by atoms with Gasteiger partial charge in [0.1, 0.15) is 12.4 Å². The molecular weight excluding hydrogens is 164 g/mol. The van der Waals surface area contributed by atoms with Crippen LogP contribution in [0.25, 0.3) is 0 Å². The minimum atomic E-state index is -0.0315. The highest BCUT2D eigenvalue weighted by molar-refractivity contribution is 5.92. The number of ether oxygens (including phenoxy) is 1. The molecule has 0 N–H and O–H groups in total. The number of carbonyl (C=O) groups is 1. The van der Waals surface area contributed by atoms with Crippen LogP contribution in [0.1, 0.15) is 6.92 Å². The molecule has 68 valence electrons. The van der Waals surface area contributed by atoms with Crippen molar-refractivity contribution in [3.8, 4) is 5.75 Å². The van der Waals surface area contributed by atoms with Gasteiger partial charge in [-0.05, 0) is 19.1 Å². The van der Waals surface area contributed by atoms with Crippen LogP contribution in [0.3, 0.4) is 0 Å². The van der Waals surface area contributed by atoms with Gasteiger partial charge >= 0.3 is 0 Å². The number of hydrogen-bond acceptors (Lipinski definition) is 2. The predicted octanol–water partition coefficient (Wildman–Crippen LogP) is 2.21. The van der Waals surface area contributed by atoms with Gasteiger partial charge in [0.2, 0.25) is 0 Å². The highest BCUT2D eigenvalue weighted by atomic mass is 16.5. The average Bonchev–Trinajstić information content (AvgIpc) is 2.15. The monoisotopic (exact) mass is 176 g/mol. The molecule has 0 aliphatic heterocycles. The topological polar surface area (TPSA) is 26.3 Å². The van der Waals surface area contributed by atoms with Crippen LogP contribution < -0.4 is 4.74 Å². The van der Waals surface area contributed by atoms with Gasteiger partial charge in [-0.2, -0.15) is 0 Å². The zero-order valence-electron chi connectivity index (χ0n) is 7.62. The van der Waals surface area contributed by atoms with E-state index in [1.165, 1.54) is 6.92 Å². The maximum Gasteiger partial charge on any atom is 0.158 e. The predicted molar refractivity (Wildman–Crippen MR) is 51.8 cm³/mol. The van der Waals surface area contributed by atoms with Gasteiger partial charge in [-0.3, -0.25) is 4.79 Å². The minimum Gasteiger partial charge on any atom is -0.489 e. The van der Waals surface area contributed by atoms with E-state index in [0.29, 0.717) is 5.57 Å². The van der Waals surface area contributed by atoms with Crippen molar-refractivity contribution in [3.05, 3.63) is 42.5 Å². The number of ketones is 1. The van der Waals surface area contributed by atoms with Crippen molar-refractivity contribution in [2.75, 3.05) is 6.61 Å². The molecule has 13 heavy (non-hydrogen) atoms. The van der Waals surface area contributed by atoms with Crippen molar-refractivity contribution in [2.45, 2.75) is 6.92 Å². The zero-order valence-corrected chi connectivity index (χ0v) is 7.62. The first-order chi connectivity index (χ1) is 6.20. The van der Waals surface area contributed by atoms with E-state index < -0.39 is 0 Å². The molecule has 0 radical (unpaired) electrons. The van der Waals surface area contributed by atoms with Gasteiger partial charge in [0, 0.05) is 5.57 Å². The molecule has 1 aromatic carbocycles. The summed E-state index contributed by atoms with van der Waals surface area (Å²) < 4.78 is 5.31. The van der Waals surface area contributed by atoms with Crippen molar-refractivity contribution < 1.29 is 9.53 Å². The van der Waals surface area contributed by atoms with E-state index >= 15 is 0 Å². The summed E-state index contributed by atoms with van der Waals surface area (Å²) in [5.41, 5.74) is 0.490. The molecule has 0 aromatic heterocycles. The van der Waals surface area contributed by atoms with E-state index in [0.717, 1.165) is 5.75 Å². The maximum absolute atomic E-state index is 10.8. The lowest BCUT2D eigenvalue weighted by atomic mass is 10.2. The van der Waals surface area contributed by atoms with Crippen molar-refractivity contribution >= 4 is 5.78 Å². The van der Waals surface area contributed by atoms with E-state index in [1.807, 2.05) is 30.3 Å². The molecule has 0 aliphatic rings. The van der Waals surface area contributed by atoms with E-state index in [1.54, 1.807) is 0 Å². The number of carbonyl (C=O) groups excluding carboxylic acids is 1. The third-order valence-electron chi connectivity index (χ3n) is 1.65. The molecular formula is C11H12O2. The molecule has 0 unspecified atom stereocenters. The van der Waals surface area contributed by atoms with Gasteiger partial charge in [-0.25, -0.2) is 0 Å². The minimum absolute atomic E-state index is 0.0315. The summed E-state index contributed by atoms with van der Waals surface area (Å²) in [7, 11) is 0. The van der Waals surface area contributed by atoms with Gasteiger partial charge in [-0.1, -0.05) is 24.8 Å². The summed E-state index contributed by atoms with van der Waals surface area (Å²) >= 11 is 0. The van der Waals surface area contributed by atoms with Crippen molar-refractivity contribution in [1.82, 2.24) is 0 Å². The fourth-order valence-corrected chi connectivity index (χ4v) is 0.789. The molecule has 1 rings (SSSR count). The third kappa shape index (κ3) is 3.11. The first-order valence-corrected chi connectivity index (χ1v) is 4.06. The quantitative estimate of drug-likeness (QED) is 0.657. The van der Waals surface area contributed by atoms with Gasteiger partial charge in [0.05, 0.1) is 0 Å². The lowest BCUT2D eigenvalue weighted by molar-refractivity contribution is -0.113. The summed E-state index contributed by atoms with van der Waals surface area (Å²) in [4.78, 5) is 10.8. The van der Waals surface area contributed by atoms with Crippen LogP contribution in [0.4, 0.5) is 0 Å². The Morgan fingerprint density at radius 3 is 2.54 bits per heavy atom. The fraction of sp³-hybridized carbons (Fsp3) is 0.182. The Kier molecular flexibility index (Phi) is 3.26. The Morgan fingerprint density at radius 1 is 1.38 bits per heavy atom. The summed E-state index contributed by atoms with van der Waals surface area (Å²) in [6.07, 6.45) is 0. The molecule has 2 nitrogen and oxygen atoms in total. The van der Waals surface area contributed by atoms with E-state index in [2.05, 4.69) is 6.58 Å². The lowest BCUT2D eigenvalue weighted by Gasteiger charge is -2.05. The first kappa shape index (κ1) is 9.52. The molecule has 1 aromatic rings. The Morgan fingerprint density at radius 2 is 2.00 bits per heavy atom. The average molecular weight is 176 g/mol. The van der Waals surface area contributed by atoms with Crippen LogP contribution in [-0.2, 0) is 4.79 Å². The number of rotatable bonds is 4. The fourth-order valence-electron chi connectivity index (χ4n) is 0.789. The smallest absolute Gasteiger partial charge is 0.158 e. The Bertz CT molecular complexity index is 301. The van der Waals surface area contributed by atoms with Gasteiger partial charge in [0.25, 0.3) is 0 Å². The molecule has 0 heterocycles. The standard InChI is InChI=1S/C11H12O2/c1-9(10(2)12)8-13-11-6-4-3-5-7-11/h3-7H,1,8H2,2H3. The normalized spacial score (nSPS) is 9.31. The van der Waals surface area contributed by atoms with E-state index in [9.17, 15) is 4.79 Å². The molecule has 0 fully saturated rings. The number of hydrogen-bond donors (Lipinski definition) is 0. The number of para-hydroxylation sites is 1. The highest BCUT2D eigenvalue weighted by Crippen LogP contribution is 2.09. The summed E-state index contributed by atoms with van der Waals surface area (Å²) in [6.45, 7) is 5.34. The number of benzene rings is 1.